The highest BCUT2D eigenvalue weighted by molar-refractivity contribution is 9.10. The third-order valence-corrected chi connectivity index (χ3v) is 3.37. The molecule has 0 bridgehead atoms. The Balaban J connectivity index is 1.77. The molecule has 8 heteroatoms. The zero-order chi connectivity index (χ0) is 13.4. The zero-order valence-corrected chi connectivity index (χ0v) is 11.9. The number of nitrogens with one attached hydrogen (secondary N) is 1. The summed E-state index contributed by atoms with van der Waals surface area (Å²) in [6.07, 6.45) is 3.62. The number of nitrogens with zero attached hydrogens (tertiary/aromatic N) is 3. The fourth-order valence-corrected chi connectivity index (χ4v) is 2.05. The quantitative estimate of drug-likeness (QED) is 0.866. The Hall–Kier alpha value is -1.47. The minimum absolute atomic E-state index is 0.0722. The molecule has 2 heterocycles. The first-order valence-electron chi connectivity index (χ1n) is 5.59. The molecular weight excluding hydrogens is 336 g/mol. The summed E-state index contributed by atoms with van der Waals surface area (Å²) in [6, 6.07) is 1.64. The maximum Gasteiger partial charge on any atom is 0.322 e. The van der Waals surface area contributed by atoms with Gasteiger partial charge in [-0.2, -0.15) is 0 Å². The zero-order valence-electron chi connectivity index (χ0n) is 9.56. The SMILES string of the molecule is O=C(Nc1nnc(C2CC2)o1)c1cc(Br)cnc1Cl. The third kappa shape index (κ3) is 2.76. The fraction of sp³-hybridized carbons (Fsp3) is 0.273. The van der Waals surface area contributed by atoms with Crippen molar-refractivity contribution in [1.29, 1.82) is 0 Å². The van der Waals surface area contributed by atoms with Gasteiger partial charge in [-0.3, -0.25) is 10.1 Å². The average molecular weight is 344 g/mol. The largest absolute Gasteiger partial charge is 0.408 e. The summed E-state index contributed by atoms with van der Waals surface area (Å²) >= 11 is 9.09. The Morgan fingerprint density at radius 3 is 3.00 bits per heavy atom. The second kappa shape index (κ2) is 4.90. The number of carbonyl (C=O) groups excluding carboxylic acids is 1. The second-order valence-corrected chi connectivity index (χ2v) is 5.44. The molecule has 98 valence electrons. The van der Waals surface area contributed by atoms with Gasteiger partial charge in [-0.05, 0) is 34.8 Å². The van der Waals surface area contributed by atoms with Crippen LogP contribution in [0.4, 0.5) is 6.01 Å². The van der Waals surface area contributed by atoms with Crippen molar-refractivity contribution >= 4 is 39.5 Å². The van der Waals surface area contributed by atoms with Gasteiger partial charge in [-0.1, -0.05) is 16.7 Å². The Morgan fingerprint density at radius 1 is 1.47 bits per heavy atom. The summed E-state index contributed by atoms with van der Waals surface area (Å²) in [5.41, 5.74) is 0.238. The highest BCUT2D eigenvalue weighted by Crippen LogP contribution is 2.39. The molecule has 1 N–H and O–H groups in total. The van der Waals surface area contributed by atoms with Crippen molar-refractivity contribution in [2.75, 3.05) is 5.32 Å². The van der Waals surface area contributed by atoms with Crippen molar-refractivity contribution in [3.8, 4) is 0 Å². The summed E-state index contributed by atoms with van der Waals surface area (Å²) in [5.74, 6) is 0.466. The van der Waals surface area contributed by atoms with Gasteiger partial charge >= 0.3 is 6.01 Å². The molecule has 0 atom stereocenters. The predicted octanol–water partition coefficient (Wildman–Crippen LogP) is 3.01. The topological polar surface area (TPSA) is 80.9 Å². The molecular formula is C11H8BrClN4O2. The Labute approximate surface area is 121 Å². The lowest BCUT2D eigenvalue weighted by atomic mass is 10.3. The van der Waals surface area contributed by atoms with E-state index in [0.29, 0.717) is 16.3 Å². The van der Waals surface area contributed by atoms with Gasteiger partial charge in [0.05, 0.1) is 5.56 Å². The van der Waals surface area contributed by atoms with E-state index in [2.05, 4.69) is 36.4 Å². The molecule has 0 spiro atoms. The van der Waals surface area contributed by atoms with E-state index in [1.807, 2.05) is 0 Å². The van der Waals surface area contributed by atoms with E-state index >= 15 is 0 Å². The van der Waals surface area contributed by atoms with Gasteiger partial charge in [0, 0.05) is 16.6 Å². The van der Waals surface area contributed by atoms with E-state index in [0.717, 1.165) is 12.8 Å². The van der Waals surface area contributed by atoms with Crippen LogP contribution in [0.2, 0.25) is 5.15 Å². The Bertz CT molecular complexity index is 641. The Kier molecular flexibility index (Phi) is 3.24. The van der Waals surface area contributed by atoms with Gasteiger partial charge in [0.25, 0.3) is 5.91 Å². The van der Waals surface area contributed by atoms with Crippen molar-refractivity contribution in [1.82, 2.24) is 15.2 Å². The van der Waals surface area contributed by atoms with Crippen LogP contribution in [0.15, 0.2) is 21.2 Å². The first kappa shape index (κ1) is 12.6. The average Bonchev–Trinajstić information content (AvgIpc) is 3.13. The van der Waals surface area contributed by atoms with Gasteiger partial charge in [-0.25, -0.2) is 4.98 Å². The highest BCUT2D eigenvalue weighted by Gasteiger charge is 2.29. The van der Waals surface area contributed by atoms with E-state index in [1.54, 1.807) is 6.07 Å². The standard InChI is InChI=1S/C11H8BrClN4O2/c12-6-3-7(8(13)14-4-6)9(18)15-11-17-16-10(19-11)5-1-2-5/h3-5H,1-2H2,(H,15,17,18). The summed E-state index contributed by atoms with van der Waals surface area (Å²) in [6.45, 7) is 0. The van der Waals surface area contributed by atoms with Crippen molar-refractivity contribution in [3.05, 3.63) is 33.3 Å². The lowest BCUT2D eigenvalue weighted by Gasteiger charge is -2.02. The van der Waals surface area contributed by atoms with Crippen LogP contribution in [-0.4, -0.2) is 21.1 Å². The van der Waals surface area contributed by atoms with Crippen molar-refractivity contribution < 1.29 is 9.21 Å². The number of hydrogen-bond acceptors (Lipinski definition) is 5. The van der Waals surface area contributed by atoms with Crippen molar-refractivity contribution in [3.63, 3.8) is 0 Å². The molecule has 1 amide bonds. The second-order valence-electron chi connectivity index (χ2n) is 4.17. The van der Waals surface area contributed by atoms with Crippen LogP contribution in [-0.2, 0) is 0 Å². The summed E-state index contributed by atoms with van der Waals surface area (Å²) in [5, 5.41) is 10.3. The number of rotatable bonds is 3. The van der Waals surface area contributed by atoms with Crippen LogP contribution in [0, 0.1) is 0 Å². The number of anilines is 1. The maximum absolute atomic E-state index is 12.0. The lowest BCUT2D eigenvalue weighted by Crippen LogP contribution is -2.13. The van der Waals surface area contributed by atoms with Crippen LogP contribution < -0.4 is 5.32 Å². The van der Waals surface area contributed by atoms with Gasteiger partial charge in [-0.15, -0.1) is 5.10 Å². The summed E-state index contributed by atoms with van der Waals surface area (Å²) in [4.78, 5) is 15.9. The monoisotopic (exact) mass is 342 g/mol. The number of hydrogen-bond donors (Lipinski definition) is 1. The molecule has 2 aromatic rings. The minimum Gasteiger partial charge on any atom is -0.408 e. The van der Waals surface area contributed by atoms with Gasteiger partial charge in [0.1, 0.15) is 5.15 Å². The van der Waals surface area contributed by atoms with E-state index in [4.69, 9.17) is 16.0 Å². The molecule has 2 aromatic heterocycles. The van der Waals surface area contributed by atoms with E-state index < -0.39 is 5.91 Å². The number of carbonyl (C=O) groups is 1. The first-order chi connectivity index (χ1) is 9.13. The molecule has 19 heavy (non-hydrogen) atoms. The van der Waals surface area contributed by atoms with Crippen LogP contribution in [0.1, 0.15) is 35.0 Å². The minimum atomic E-state index is -0.440. The highest BCUT2D eigenvalue weighted by atomic mass is 79.9. The van der Waals surface area contributed by atoms with Crippen LogP contribution in [0.5, 0.6) is 0 Å². The van der Waals surface area contributed by atoms with Crippen LogP contribution >= 0.6 is 27.5 Å². The van der Waals surface area contributed by atoms with E-state index in [1.165, 1.54) is 6.20 Å². The van der Waals surface area contributed by atoms with Gasteiger partial charge < -0.3 is 4.42 Å². The van der Waals surface area contributed by atoms with Gasteiger partial charge in [0.15, 0.2) is 0 Å². The molecule has 3 rings (SSSR count). The van der Waals surface area contributed by atoms with Gasteiger partial charge in [0.2, 0.25) is 5.89 Å². The molecule has 1 aliphatic rings. The summed E-state index contributed by atoms with van der Waals surface area (Å²) in [7, 11) is 0. The maximum atomic E-state index is 12.0. The molecule has 1 aliphatic carbocycles. The molecule has 6 nitrogen and oxygen atoms in total. The molecule has 0 unspecified atom stereocenters. The molecule has 0 radical (unpaired) electrons. The summed E-state index contributed by atoms with van der Waals surface area (Å²) < 4.78 is 6.00. The first-order valence-corrected chi connectivity index (χ1v) is 6.76. The normalized spacial score (nSPS) is 14.4. The smallest absolute Gasteiger partial charge is 0.322 e. The predicted molar refractivity (Wildman–Crippen MR) is 71.2 cm³/mol. The van der Waals surface area contributed by atoms with Crippen LogP contribution in [0.25, 0.3) is 0 Å². The fourth-order valence-electron chi connectivity index (χ4n) is 1.53. The van der Waals surface area contributed by atoms with E-state index in [9.17, 15) is 4.79 Å². The molecule has 0 aromatic carbocycles. The van der Waals surface area contributed by atoms with Crippen molar-refractivity contribution in [2.45, 2.75) is 18.8 Å². The number of aromatic nitrogens is 3. The molecule has 0 saturated heterocycles. The molecule has 1 saturated carbocycles. The number of pyridine rings is 1. The number of amides is 1. The van der Waals surface area contributed by atoms with E-state index in [-0.39, 0.29) is 16.7 Å². The molecule has 0 aliphatic heterocycles. The van der Waals surface area contributed by atoms with Crippen LogP contribution in [0.3, 0.4) is 0 Å². The molecule has 1 fully saturated rings. The lowest BCUT2D eigenvalue weighted by molar-refractivity contribution is 0.102. The number of halogens is 2. The Morgan fingerprint density at radius 2 is 2.26 bits per heavy atom. The van der Waals surface area contributed by atoms with Crippen molar-refractivity contribution in [2.24, 2.45) is 0 Å². The third-order valence-electron chi connectivity index (χ3n) is 2.64.